The first-order chi connectivity index (χ1) is 26.8. The number of hydrogen-bond acceptors (Lipinski definition) is 11. The lowest BCUT2D eigenvalue weighted by atomic mass is 10.0. The molecule has 0 aliphatic rings. The number of hydrogen-bond donors (Lipinski definition) is 3. The van der Waals surface area contributed by atoms with Crippen molar-refractivity contribution in [3.63, 3.8) is 0 Å². The number of imide groups is 1. The maximum Gasteiger partial charge on any atom is 0.424 e. The molecule has 0 radical (unpaired) electrons. The van der Waals surface area contributed by atoms with Gasteiger partial charge in [0.1, 0.15) is 25.0 Å². The second kappa shape index (κ2) is 23.1. The van der Waals surface area contributed by atoms with Crippen molar-refractivity contribution in [1.82, 2.24) is 14.5 Å². The number of nitrogens with two attached hydrogens (primary N) is 2. The van der Waals surface area contributed by atoms with Gasteiger partial charge in [-0.1, -0.05) is 92.2 Å². The lowest BCUT2D eigenvalue weighted by Crippen LogP contribution is -2.59. The van der Waals surface area contributed by atoms with E-state index in [0.717, 1.165) is 5.56 Å². The Morgan fingerprint density at radius 2 is 1.34 bits per heavy atom. The van der Waals surface area contributed by atoms with Crippen LogP contribution in [0.15, 0.2) is 89.8 Å². The molecular weight excluding hydrogens is 739 g/mol. The Hall–Kier alpha value is -5.12. The first kappa shape index (κ1) is 45.3. The molecule has 0 spiro atoms. The van der Waals surface area contributed by atoms with Gasteiger partial charge < -0.3 is 31.1 Å². The van der Waals surface area contributed by atoms with Gasteiger partial charge in [0.15, 0.2) is 0 Å². The average Bonchev–Trinajstić information content (AvgIpc) is 3.18. The summed E-state index contributed by atoms with van der Waals surface area (Å²) < 4.78 is 40.0. The largest absolute Gasteiger partial charge is 0.448 e. The van der Waals surface area contributed by atoms with Gasteiger partial charge in [-0.05, 0) is 87.7 Å². The van der Waals surface area contributed by atoms with Crippen LogP contribution in [-0.4, -0.2) is 85.7 Å². The van der Waals surface area contributed by atoms with Crippen molar-refractivity contribution in [3.8, 4) is 0 Å². The van der Waals surface area contributed by atoms with Crippen LogP contribution in [-0.2, 0) is 46.9 Å². The Kier molecular flexibility index (Phi) is 18.6. The molecule has 3 aromatic rings. The number of amides is 4. The fraction of sp³-hybridized carbons (Fsp3) is 0.439. The average molecular weight is 794 g/mol. The molecule has 3 aromatic carbocycles. The summed E-state index contributed by atoms with van der Waals surface area (Å²) in [6.45, 7) is 5.52. The highest BCUT2D eigenvalue weighted by atomic mass is 32.2. The SMILES string of the molecule is Cc1ccc(S(=O)(=O)N(C(=O)OCC(C)C)[C@H](CCCCN)C(=O)N[C@@H](Cc2ccccc2)C(=O)N(C(=O)OCc2ccccc2)[C@H](C=O)CCCCN)cc1. The van der Waals surface area contributed by atoms with Crippen LogP contribution in [0.1, 0.15) is 69.1 Å². The Balaban J connectivity index is 2.13. The summed E-state index contributed by atoms with van der Waals surface area (Å²) in [7, 11) is -4.71. The topological polar surface area (TPSA) is 208 Å². The lowest BCUT2D eigenvalue weighted by Gasteiger charge is -2.33. The van der Waals surface area contributed by atoms with Gasteiger partial charge in [-0.2, -0.15) is 4.31 Å². The number of aryl methyl sites for hydroxylation is 1. The van der Waals surface area contributed by atoms with E-state index in [0.29, 0.717) is 52.4 Å². The van der Waals surface area contributed by atoms with Crippen molar-refractivity contribution in [2.45, 2.75) is 95.3 Å². The van der Waals surface area contributed by atoms with Gasteiger partial charge in [-0.25, -0.2) is 22.9 Å². The van der Waals surface area contributed by atoms with E-state index in [2.05, 4.69) is 5.32 Å². The zero-order valence-corrected chi connectivity index (χ0v) is 33.2. The van der Waals surface area contributed by atoms with E-state index in [9.17, 15) is 32.4 Å². The summed E-state index contributed by atoms with van der Waals surface area (Å²) in [5.74, 6) is -2.14. The van der Waals surface area contributed by atoms with Gasteiger partial charge in [0.25, 0.3) is 15.9 Å². The highest BCUT2D eigenvalue weighted by molar-refractivity contribution is 7.89. The van der Waals surface area contributed by atoms with Crippen LogP contribution < -0.4 is 16.8 Å². The highest BCUT2D eigenvalue weighted by Gasteiger charge is 2.43. The van der Waals surface area contributed by atoms with Gasteiger partial charge in [-0.15, -0.1) is 0 Å². The van der Waals surface area contributed by atoms with E-state index in [-0.39, 0.29) is 56.3 Å². The molecule has 0 fully saturated rings. The van der Waals surface area contributed by atoms with Gasteiger partial charge in [0.05, 0.1) is 17.5 Å². The maximum atomic E-state index is 14.7. The monoisotopic (exact) mass is 793 g/mol. The highest BCUT2D eigenvalue weighted by Crippen LogP contribution is 2.24. The minimum atomic E-state index is -4.71. The van der Waals surface area contributed by atoms with Crippen LogP contribution in [0.2, 0.25) is 0 Å². The molecule has 0 bridgehead atoms. The number of aldehydes is 1. The van der Waals surface area contributed by atoms with Crippen molar-refractivity contribution in [1.29, 1.82) is 0 Å². The van der Waals surface area contributed by atoms with Crippen molar-refractivity contribution >= 4 is 40.3 Å². The molecule has 3 rings (SSSR count). The normalized spacial score (nSPS) is 12.9. The number of carbonyl (C=O) groups excluding carboxylic acids is 5. The first-order valence-electron chi connectivity index (χ1n) is 18.8. The van der Waals surface area contributed by atoms with Crippen molar-refractivity contribution in [2.75, 3.05) is 19.7 Å². The second-order valence-corrected chi connectivity index (χ2v) is 15.7. The molecule has 304 valence electrons. The van der Waals surface area contributed by atoms with Crippen molar-refractivity contribution < 1.29 is 41.9 Å². The third-order valence-electron chi connectivity index (χ3n) is 8.79. The Morgan fingerprint density at radius 3 is 1.89 bits per heavy atom. The number of nitrogens with one attached hydrogen (secondary N) is 1. The molecule has 5 N–H and O–H groups in total. The van der Waals surface area contributed by atoms with Crippen molar-refractivity contribution in [2.24, 2.45) is 17.4 Å². The molecule has 0 unspecified atom stereocenters. The third kappa shape index (κ3) is 13.6. The van der Waals surface area contributed by atoms with Crippen molar-refractivity contribution in [3.05, 3.63) is 102 Å². The third-order valence-corrected chi connectivity index (χ3v) is 10.6. The lowest BCUT2D eigenvalue weighted by molar-refractivity contribution is -0.139. The molecule has 14 nitrogen and oxygen atoms in total. The molecule has 3 atom stereocenters. The molecule has 0 saturated heterocycles. The smallest absolute Gasteiger partial charge is 0.424 e. The number of unbranched alkanes of at least 4 members (excludes halogenated alkanes) is 2. The summed E-state index contributed by atoms with van der Waals surface area (Å²) in [6.07, 6.45) is -0.647. The van der Waals surface area contributed by atoms with Crippen LogP contribution in [0.25, 0.3) is 0 Å². The summed E-state index contributed by atoms with van der Waals surface area (Å²) in [4.78, 5) is 69.9. The minimum absolute atomic E-state index is 0.0743. The maximum absolute atomic E-state index is 14.7. The summed E-state index contributed by atoms with van der Waals surface area (Å²) >= 11 is 0. The Bertz CT molecular complexity index is 1810. The van der Waals surface area contributed by atoms with E-state index in [1.165, 1.54) is 12.1 Å². The molecule has 15 heteroatoms. The fourth-order valence-corrected chi connectivity index (χ4v) is 7.27. The summed E-state index contributed by atoms with van der Waals surface area (Å²) in [5, 5.41) is 2.66. The molecule has 0 aromatic heterocycles. The van der Waals surface area contributed by atoms with Gasteiger partial charge in [0, 0.05) is 6.42 Å². The van der Waals surface area contributed by atoms with E-state index in [1.54, 1.807) is 93.6 Å². The summed E-state index contributed by atoms with van der Waals surface area (Å²) in [5.41, 5.74) is 13.4. The zero-order chi connectivity index (χ0) is 41.1. The number of rotatable bonds is 22. The van der Waals surface area contributed by atoms with E-state index in [4.69, 9.17) is 20.9 Å². The second-order valence-electron chi connectivity index (χ2n) is 13.9. The van der Waals surface area contributed by atoms with Gasteiger partial charge >= 0.3 is 12.2 Å². The minimum Gasteiger partial charge on any atom is -0.448 e. The predicted octanol–water partition coefficient (Wildman–Crippen LogP) is 4.87. The molecule has 4 amide bonds. The van der Waals surface area contributed by atoms with E-state index in [1.807, 2.05) is 0 Å². The Morgan fingerprint density at radius 1 is 0.768 bits per heavy atom. The fourth-order valence-electron chi connectivity index (χ4n) is 5.77. The number of ether oxygens (including phenoxy) is 2. The number of carbonyl (C=O) groups is 5. The van der Waals surface area contributed by atoms with Crippen LogP contribution in [0, 0.1) is 12.8 Å². The Labute approximate surface area is 329 Å². The van der Waals surface area contributed by atoms with E-state index >= 15 is 0 Å². The number of nitrogens with zero attached hydrogens (tertiary/aromatic N) is 2. The van der Waals surface area contributed by atoms with Crippen LogP contribution in [0.4, 0.5) is 9.59 Å². The molecule has 0 aliphatic carbocycles. The van der Waals surface area contributed by atoms with Crippen LogP contribution in [0.3, 0.4) is 0 Å². The number of sulfonamides is 1. The molecule has 0 heterocycles. The molecule has 0 aliphatic heterocycles. The van der Waals surface area contributed by atoms with Crippen LogP contribution >= 0.6 is 0 Å². The standard InChI is InChI=1S/C41H55N5O9S/c1-30(2)28-54-41(51)46(56(52,53)35-22-20-31(3)21-23-35)37(19-11-13-25-43)38(48)44-36(26-32-14-6-4-7-15-32)39(49)45(34(27-47)18-10-12-24-42)40(50)55-29-33-16-8-5-9-17-33/h4-9,14-17,20-23,27,30,34,36-37H,10-13,18-19,24-26,28-29,42-43H2,1-3H3,(H,44,48)/t34-,36-,37+/m0/s1. The summed E-state index contributed by atoms with van der Waals surface area (Å²) in [6, 6.07) is 18.6. The van der Waals surface area contributed by atoms with Crippen LogP contribution in [0.5, 0.6) is 0 Å². The van der Waals surface area contributed by atoms with E-state index < -0.39 is 52.1 Å². The molecular formula is C41H55N5O9S. The predicted molar refractivity (Wildman–Crippen MR) is 211 cm³/mol. The van der Waals surface area contributed by atoms with Gasteiger partial charge in [-0.3, -0.25) is 9.59 Å². The molecule has 0 saturated carbocycles. The molecule has 56 heavy (non-hydrogen) atoms. The zero-order valence-electron chi connectivity index (χ0n) is 32.4. The first-order valence-corrected chi connectivity index (χ1v) is 20.3. The quantitative estimate of drug-likeness (QED) is 0.0924. The number of benzene rings is 3. The van der Waals surface area contributed by atoms with Gasteiger partial charge in [0.2, 0.25) is 5.91 Å².